The number of rotatable bonds is 3. The lowest BCUT2D eigenvalue weighted by Crippen LogP contribution is -2.81. The molecule has 25 heavy (non-hydrogen) atoms. The van der Waals surface area contributed by atoms with Crippen LogP contribution in [-0.2, 0) is 9.53 Å². The molecule has 3 atom stereocenters. The Morgan fingerprint density at radius 2 is 2.04 bits per heavy atom. The molecule has 1 aliphatic heterocycles. The van der Waals surface area contributed by atoms with Crippen LogP contribution in [-0.4, -0.2) is 49.1 Å². The van der Waals surface area contributed by atoms with Gasteiger partial charge in [-0.1, -0.05) is 19.9 Å². The molecule has 0 bridgehead atoms. The highest BCUT2D eigenvalue weighted by atomic mass is 16.5. The van der Waals surface area contributed by atoms with Gasteiger partial charge in [0.2, 0.25) is 5.91 Å². The third-order valence-electron chi connectivity index (χ3n) is 5.83. The van der Waals surface area contributed by atoms with Gasteiger partial charge in [-0.25, -0.2) is 0 Å². The second kappa shape index (κ2) is 6.11. The second-order valence-corrected chi connectivity index (χ2v) is 7.87. The number of anilines is 1. The van der Waals surface area contributed by atoms with Gasteiger partial charge in [0.1, 0.15) is 5.54 Å². The van der Waals surface area contributed by atoms with E-state index in [9.17, 15) is 9.59 Å². The smallest absolute Gasteiger partial charge is 0.253 e. The molecular formula is C19H27N3O3. The number of amides is 2. The average molecular weight is 345 g/mol. The Balaban J connectivity index is 1.80. The van der Waals surface area contributed by atoms with E-state index < -0.39 is 11.0 Å². The summed E-state index contributed by atoms with van der Waals surface area (Å²) in [4.78, 5) is 26.6. The molecule has 1 saturated heterocycles. The van der Waals surface area contributed by atoms with E-state index in [1.165, 1.54) is 4.90 Å². The zero-order valence-electron chi connectivity index (χ0n) is 15.3. The number of hydrogen-bond donors (Lipinski definition) is 2. The first kappa shape index (κ1) is 17.9. The summed E-state index contributed by atoms with van der Waals surface area (Å²) in [5.41, 5.74) is 6.31. The van der Waals surface area contributed by atoms with Crippen LogP contribution in [0.2, 0.25) is 0 Å². The number of nitrogens with one attached hydrogen (secondary N) is 1. The maximum Gasteiger partial charge on any atom is 0.253 e. The SMILES string of the molecule is CN(C)C(=O)c1cccc(NC(=O)C2(N)C3CCCOC3C2(C)C)c1. The van der Waals surface area contributed by atoms with E-state index in [1.54, 1.807) is 38.4 Å². The van der Waals surface area contributed by atoms with Crippen molar-refractivity contribution in [3.63, 3.8) is 0 Å². The van der Waals surface area contributed by atoms with Crippen LogP contribution in [0.3, 0.4) is 0 Å². The molecule has 1 aromatic carbocycles. The molecule has 2 aliphatic rings. The molecule has 0 aromatic heterocycles. The van der Waals surface area contributed by atoms with Crippen molar-refractivity contribution in [2.45, 2.75) is 38.3 Å². The van der Waals surface area contributed by atoms with Crippen LogP contribution in [0, 0.1) is 11.3 Å². The summed E-state index contributed by atoms with van der Waals surface area (Å²) < 4.78 is 5.85. The van der Waals surface area contributed by atoms with Gasteiger partial charge in [0.05, 0.1) is 6.10 Å². The number of hydrogen-bond acceptors (Lipinski definition) is 4. The van der Waals surface area contributed by atoms with E-state index in [1.807, 2.05) is 13.8 Å². The highest BCUT2D eigenvalue weighted by molar-refractivity contribution is 6.01. The quantitative estimate of drug-likeness (QED) is 0.876. The zero-order valence-corrected chi connectivity index (χ0v) is 15.3. The average Bonchev–Trinajstić information content (AvgIpc) is 2.60. The van der Waals surface area contributed by atoms with Gasteiger partial charge in [0, 0.05) is 43.3 Å². The maximum atomic E-state index is 13.0. The van der Waals surface area contributed by atoms with Crippen LogP contribution in [0.1, 0.15) is 37.0 Å². The number of benzene rings is 1. The molecule has 6 nitrogen and oxygen atoms in total. The Hall–Kier alpha value is -1.92. The van der Waals surface area contributed by atoms with Crippen LogP contribution in [0.5, 0.6) is 0 Å². The third-order valence-corrected chi connectivity index (χ3v) is 5.83. The summed E-state index contributed by atoms with van der Waals surface area (Å²) in [6, 6.07) is 6.95. The van der Waals surface area contributed by atoms with Crippen molar-refractivity contribution >= 4 is 17.5 Å². The fourth-order valence-corrected chi connectivity index (χ4v) is 4.26. The van der Waals surface area contributed by atoms with E-state index in [0.29, 0.717) is 11.3 Å². The molecule has 2 fully saturated rings. The van der Waals surface area contributed by atoms with Gasteiger partial charge >= 0.3 is 0 Å². The molecule has 0 radical (unpaired) electrons. The predicted octanol–water partition coefficient (Wildman–Crippen LogP) is 1.86. The van der Waals surface area contributed by atoms with Gasteiger partial charge in [-0.05, 0) is 31.0 Å². The van der Waals surface area contributed by atoms with Crippen molar-refractivity contribution in [1.82, 2.24) is 4.90 Å². The fourth-order valence-electron chi connectivity index (χ4n) is 4.26. The topological polar surface area (TPSA) is 84.7 Å². The van der Waals surface area contributed by atoms with Gasteiger partial charge < -0.3 is 20.7 Å². The molecule has 3 unspecified atom stereocenters. The van der Waals surface area contributed by atoms with Crippen LogP contribution in [0.15, 0.2) is 24.3 Å². The number of carbonyl (C=O) groups excluding carboxylic acids is 2. The lowest BCUT2D eigenvalue weighted by atomic mass is 9.46. The van der Waals surface area contributed by atoms with Crippen molar-refractivity contribution in [3.05, 3.63) is 29.8 Å². The minimum atomic E-state index is -0.973. The fraction of sp³-hybridized carbons (Fsp3) is 0.579. The summed E-state index contributed by atoms with van der Waals surface area (Å²) in [5, 5.41) is 2.92. The summed E-state index contributed by atoms with van der Waals surface area (Å²) in [7, 11) is 3.39. The Morgan fingerprint density at radius 1 is 1.32 bits per heavy atom. The normalized spacial score (nSPS) is 30.0. The van der Waals surface area contributed by atoms with Crippen LogP contribution in [0.4, 0.5) is 5.69 Å². The molecule has 1 aliphatic carbocycles. The summed E-state index contributed by atoms with van der Waals surface area (Å²) in [6.07, 6.45) is 1.85. The molecule has 2 amide bonds. The zero-order chi connectivity index (χ0) is 18.4. The molecule has 136 valence electrons. The maximum absolute atomic E-state index is 13.0. The van der Waals surface area contributed by atoms with Gasteiger partial charge in [0.25, 0.3) is 5.91 Å². The number of nitrogens with zero attached hydrogens (tertiary/aromatic N) is 1. The minimum absolute atomic E-state index is 0.0265. The van der Waals surface area contributed by atoms with Crippen molar-refractivity contribution in [1.29, 1.82) is 0 Å². The Kier molecular flexibility index (Phi) is 4.37. The molecule has 0 spiro atoms. The highest BCUT2D eigenvalue weighted by Gasteiger charge is 2.70. The number of fused-ring (bicyclic) bond motifs is 1. The van der Waals surface area contributed by atoms with Crippen molar-refractivity contribution in [3.8, 4) is 0 Å². The molecule has 6 heteroatoms. The van der Waals surface area contributed by atoms with Crippen molar-refractivity contribution < 1.29 is 14.3 Å². The van der Waals surface area contributed by atoms with Gasteiger partial charge in [-0.2, -0.15) is 0 Å². The molecular weight excluding hydrogens is 318 g/mol. The monoisotopic (exact) mass is 345 g/mol. The summed E-state index contributed by atoms with van der Waals surface area (Å²) in [5.74, 6) is -0.287. The summed E-state index contributed by atoms with van der Waals surface area (Å²) in [6.45, 7) is 4.72. The lowest BCUT2D eigenvalue weighted by molar-refractivity contribution is -0.222. The van der Waals surface area contributed by atoms with Gasteiger partial charge in [-0.15, -0.1) is 0 Å². The van der Waals surface area contributed by atoms with Crippen molar-refractivity contribution in [2.75, 3.05) is 26.0 Å². The Morgan fingerprint density at radius 3 is 2.72 bits per heavy atom. The number of carbonyl (C=O) groups is 2. The number of nitrogens with two attached hydrogens (primary N) is 1. The Labute approximate surface area is 148 Å². The van der Waals surface area contributed by atoms with Crippen LogP contribution >= 0.6 is 0 Å². The standard InChI is InChI=1S/C19H27N3O3/c1-18(2)15-14(9-6-10-25-15)19(18,20)17(24)21-13-8-5-7-12(11-13)16(23)22(3)4/h5,7-8,11,14-15H,6,9-10,20H2,1-4H3,(H,21,24). The molecule has 1 heterocycles. The minimum Gasteiger partial charge on any atom is -0.377 e. The second-order valence-electron chi connectivity index (χ2n) is 7.87. The van der Waals surface area contributed by atoms with E-state index in [-0.39, 0.29) is 23.8 Å². The summed E-state index contributed by atoms with van der Waals surface area (Å²) >= 11 is 0. The molecule has 3 N–H and O–H groups in total. The molecule has 3 rings (SSSR count). The van der Waals surface area contributed by atoms with E-state index in [0.717, 1.165) is 19.4 Å². The largest absolute Gasteiger partial charge is 0.377 e. The van der Waals surface area contributed by atoms with Gasteiger partial charge in [0.15, 0.2) is 0 Å². The first-order chi connectivity index (χ1) is 11.7. The Bertz CT molecular complexity index is 701. The number of ether oxygens (including phenoxy) is 1. The molecule has 1 saturated carbocycles. The first-order valence-electron chi connectivity index (χ1n) is 8.73. The van der Waals surface area contributed by atoms with E-state index in [4.69, 9.17) is 10.5 Å². The highest BCUT2D eigenvalue weighted by Crippen LogP contribution is 2.57. The van der Waals surface area contributed by atoms with E-state index in [2.05, 4.69) is 5.32 Å². The third kappa shape index (κ3) is 2.64. The van der Waals surface area contributed by atoms with Crippen LogP contribution in [0.25, 0.3) is 0 Å². The first-order valence-corrected chi connectivity index (χ1v) is 8.73. The molecule has 1 aromatic rings. The van der Waals surface area contributed by atoms with Crippen LogP contribution < -0.4 is 11.1 Å². The van der Waals surface area contributed by atoms with E-state index >= 15 is 0 Å². The van der Waals surface area contributed by atoms with Crippen molar-refractivity contribution in [2.24, 2.45) is 17.1 Å². The van der Waals surface area contributed by atoms with Gasteiger partial charge in [-0.3, -0.25) is 9.59 Å². The lowest BCUT2D eigenvalue weighted by Gasteiger charge is -2.65. The predicted molar refractivity (Wildman–Crippen MR) is 96.3 cm³/mol.